The summed E-state index contributed by atoms with van der Waals surface area (Å²) in [5.41, 5.74) is 0. The zero-order valence-corrected chi connectivity index (χ0v) is 9.02. The van der Waals surface area contributed by atoms with Gasteiger partial charge in [-0.05, 0) is 45.0 Å². The summed E-state index contributed by atoms with van der Waals surface area (Å²) < 4.78 is 0. The summed E-state index contributed by atoms with van der Waals surface area (Å²) in [6.45, 7) is 4.71. The zero-order valence-electron chi connectivity index (χ0n) is 9.02. The van der Waals surface area contributed by atoms with Crippen LogP contribution >= 0.6 is 0 Å². The smallest absolute Gasteiger partial charge is 0.222 e. The number of anilines is 1. The maximum absolute atomic E-state index is 4.11. The van der Waals surface area contributed by atoms with Gasteiger partial charge in [0.2, 0.25) is 5.95 Å². The first-order valence-corrected chi connectivity index (χ1v) is 5.68. The lowest BCUT2D eigenvalue weighted by molar-refractivity contribution is 0.337. The second-order valence-electron chi connectivity index (χ2n) is 3.90. The fourth-order valence-corrected chi connectivity index (χ4v) is 1.90. The monoisotopic (exact) mass is 206 g/mol. The second-order valence-corrected chi connectivity index (χ2v) is 3.90. The fraction of sp³-hybridized carbons (Fsp3) is 0.636. The molecule has 82 valence electrons. The van der Waals surface area contributed by atoms with Crippen molar-refractivity contribution in [1.29, 1.82) is 0 Å². The minimum Gasteiger partial charge on any atom is -0.354 e. The molecular formula is C11H18N4. The molecule has 1 aliphatic rings. The lowest BCUT2D eigenvalue weighted by Gasteiger charge is -2.14. The van der Waals surface area contributed by atoms with Gasteiger partial charge in [-0.1, -0.05) is 0 Å². The Kier molecular flexibility index (Phi) is 3.91. The minimum absolute atomic E-state index is 0.735. The van der Waals surface area contributed by atoms with Crippen LogP contribution in [-0.2, 0) is 0 Å². The van der Waals surface area contributed by atoms with Crippen molar-refractivity contribution in [3.05, 3.63) is 18.5 Å². The van der Waals surface area contributed by atoms with Crippen LogP contribution in [0.1, 0.15) is 19.3 Å². The molecule has 2 heterocycles. The van der Waals surface area contributed by atoms with Crippen LogP contribution in [0.15, 0.2) is 18.5 Å². The standard InChI is InChI=1S/C11H18N4/c1-2-9-15(8-1)10-4-7-14-11-12-5-3-6-13-11/h3,5-6H,1-2,4,7-10H2,(H,12,13,14). The van der Waals surface area contributed by atoms with Crippen molar-refractivity contribution < 1.29 is 0 Å². The van der Waals surface area contributed by atoms with Gasteiger partial charge >= 0.3 is 0 Å². The highest BCUT2D eigenvalue weighted by atomic mass is 15.1. The number of nitrogens with zero attached hydrogens (tertiary/aromatic N) is 3. The lowest BCUT2D eigenvalue weighted by atomic mass is 10.4. The van der Waals surface area contributed by atoms with E-state index in [4.69, 9.17) is 0 Å². The van der Waals surface area contributed by atoms with E-state index in [-0.39, 0.29) is 0 Å². The number of aromatic nitrogens is 2. The van der Waals surface area contributed by atoms with Gasteiger partial charge in [0.25, 0.3) is 0 Å². The van der Waals surface area contributed by atoms with Gasteiger partial charge in [0, 0.05) is 18.9 Å². The van der Waals surface area contributed by atoms with Crippen LogP contribution in [0.25, 0.3) is 0 Å². The minimum atomic E-state index is 0.735. The maximum Gasteiger partial charge on any atom is 0.222 e. The third kappa shape index (κ3) is 3.47. The van der Waals surface area contributed by atoms with Gasteiger partial charge < -0.3 is 10.2 Å². The van der Waals surface area contributed by atoms with Crippen LogP contribution in [-0.4, -0.2) is 41.0 Å². The van der Waals surface area contributed by atoms with Crippen LogP contribution in [0.2, 0.25) is 0 Å². The van der Waals surface area contributed by atoms with Gasteiger partial charge in [0.05, 0.1) is 0 Å². The van der Waals surface area contributed by atoms with Crippen LogP contribution in [0.5, 0.6) is 0 Å². The van der Waals surface area contributed by atoms with Gasteiger partial charge in [-0.3, -0.25) is 0 Å². The van der Waals surface area contributed by atoms with Crippen molar-refractivity contribution in [2.24, 2.45) is 0 Å². The molecule has 4 heteroatoms. The third-order valence-corrected chi connectivity index (χ3v) is 2.70. The zero-order chi connectivity index (χ0) is 10.3. The van der Waals surface area contributed by atoms with E-state index in [2.05, 4.69) is 20.2 Å². The molecule has 0 aromatic carbocycles. The molecule has 1 aliphatic heterocycles. The molecule has 15 heavy (non-hydrogen) atoms. The normalized spacial score (nSPS) is 16.8. The highest BCUT2D eigenvalue weighted by molar-refractivity contribution is 5.21. The van der Waals surface area contributed by atoms with Gasteiger partial charge in [0.15, 0.2) is 0 Å². The maximum atomic E-state index is 4.11. The Morgan fingerprint density at radius 3 is 2.67 bits per heavy atom. The van der Waals surface area contributed by atoms with Crippen molar-refractivity contribution in [3.63, 3.8) is 0 Å². The quantitative estimate of drug-likeness (QED) is 0.739. The molecule has 1 aromatic rings. The summed E-state index contributed by atoms with van der Waals surface area (Å²) in [7, 11) is 0. The number of hydrogen-bond acceptors (Lipinski definition) is 4. The third-order valence-electron chi connectivity index (χ3n) is 2.70. The van der Waals surface area contributed by atoms with Crippen LogP contribution in [0.3, 0.4) is 0 Å². The molecule has 0 unspecified atom stereocenters. The number of rotatable bonds is 5. The Hall–Kier alpha value is -1.16. The molecule has 1 N–H and O–H groups in total. The van der Waals surface area contributed by atoms with Crippen molar-refractivity contribution in [1.82, 2.24) is 14.9 Å². The molecule has 0 bridgehead atoms. The Morgan fingerprint density at radius 2 is 1.93 bits per heavy atom. The molecule has 0 spiro atoms. The van der Waals surface area contributed by atoms with E-state index in [1.807, 2.05) is 6.07 Å². The number of nitrogens with one attached hydrogen (secondary N) is 1. The summed E-state index contributed by atoms with van der Waals surface area (Å²) in [5.74, 6) is 0.735. The highest BCUT2D eigenvalue weighted by Gasteiger charge is 2.09. The molecule has 1 saturated heterocycles. The number of hydrogen-bond donors (Lipinski definition) is 1. The lowest BCUT2D eigenvalue weighted by Crippen LogP contribution is -2.22. The van der Waals surface area contributed by atoms with E-state index >= 15 is 0 Å². The Bertz CT molecular complexity index is 269. The van der Waals surface area contributed by atoms with E-state index in [1.54, 1.807) is 12.4 Å². The Balaban J connectivity index is 1.59. The average Bonchev–Trinajstić information content (AvgIpc) is 2.79. The molecule has 0 radical (unpaired) electrons. The van der Waals surface area contributed by atoms with Crippen LogP contribution in [0, 0.1) is 0 Å². The van der Waals surface area contributed by atoms with E-state index < -0.39 is 0 Å². The molecule has 1 fully saturated rings. The molecule has 0 amide bonds. The predicted octanol–water partition coefficient (Wildman–Crippen LogP) is 1.37. The van der Waals surface area contributed by atoms with Gasteiger partial charge in [-0.25, -0.2) is 9.97 Å². The molecule has 4 nitrogen and oxygen atoms in total. The second kappa shape index (κ2) is 5.66. The van der Waals surface area contributed by atoms with Gasteiger partial charge in [-0.2, -0.15) is 0 Å². The van der Waals surface area contributed by atoms with Gasteiger partial charge in [-0.15, -0.1) is 0 Å². The fourth-order valence-electron chi connectivity index (χ4n) is 1.90. The highest BCUT2D eigenvalue weighted by Crippen LogP contribution is 2.07. The SMILES string of the molecule is c1cnc(NCCCN2CCCC2)nc1. The van der Waals surface area contributed by atoms with E-state index in [0.29, 0.717) is 0 Å². The number of likely N-dealkylation sites (tertiary alicyclic amines) is 1. The largest absolute Gasteiger partial charge is 0.354 e. The molecular weight excluding hydrogens is 188 g/mol. The van der Waals surface area contributed by atoms with Gasteiger partial charge in [0.1, 0.15) is 0 Å². The first-order chi connectivity index (χ1) is 7.45. The molecule has 0 atom stereocenters. The Morgan fingerprint density at radius 1 is 1.20 bits per heavy atom. The van der Waals surface area contributed by atoms with Crippen molar-refractivity contribution >= 4 is 5.95 Å². The predicted molar refractivity (Wildman–Crippen MR) is 60.8 cm³/mol. The van der Waals surface area contributed by atoms with Crippen molar-refractivity contribution in [3.8, 4) is 0 Å². The van der Waals surface area contributed by atoms with Crippen LogP contribution in [0.4, 0.5) is 5.95 Å². The van der Waals surface area contributed by atoms with Crippen molar-refractivity contribution in [2.45, 2.75) is 19.3 Å². The van der Waals surface area contributed by atoms with Crippen LogP contribution < -0.4 is 5.32 Å². The summed E-state index contributed by atoms with van der Waals surface area (Å²) in [5, 5.41) is 3.22. The first-order valence-electron chi connectivity index (χ1n) is 5.68. The topological polar surface area (TPSA) is 41.1 Å². The Labute approximate surface area is 90.7 Å². The summed E-state index contributed by atoms with van der Waals surface area (Å²) in [4.78, 5) is 10.7. The van der Waals surface area contributed by atoms with Crippen molar-refractivity contribution in [2.75, 3.05) is 31.5 Å². The average molecular weight is 206 g/mol. The molecule has 0 aliphatic carbocycles. The van der Waals surface area contributed by atoms with E-state index in [0.717, 1.165) is 18.9 Å². The molecule has 1 aromatic heterocycles. The summed E-state index contributed by atoms with van der Waals surface area (Å²) in [6.07, 6.45) is 7.42. The summed E-state index contributed by atoms with van der Waals surface area (Å²) in [6, 6.07) is 1.83. The molecule has 2 rings (SSSR count). The van der Waals surface area contributed by atoms with E-state index in [9.17, 15) is 0 Å². The first kappa shape index (κ1) is 10.4. The molecule has 0 saturated carbocycles. The summed E-state index contributed by atoms with van der Waals surface area (Å²) >= 11 is 0. The van der Waals surface area contributed by atoms with E-state index in [1.165, 1.54) is 32.5 Å².